The van der Waals surface area contributed by atoms with Crippen molar-refractivity contribution in [2.75, 3.05) is 12.4 Å². The van der Waals surface area contributed by atoms with Crippen molar-refractivity contribution in [2.24, 2.45) is 0 Å². The van der Waals surface area contributed by atoms with Crippen molar-refractivity contribution in [1.29, 1.82) is 0 Å². The Morgan fingerprint density at radius 2 is 1.96 bits per heavy atom. The van der Waals surface area contributed by atoms with Gasteiger partial charge in [-0.3, -0.25) is 10.1 Å². The molecular weight excluding hydrogens is 342 g/mol. The van der Waals surface area contributed by atoms with Crippen LogP contribution in [0.5, 0.6) is 0 Å². The van der Waals surface area contributed by atoms with Gasteiger partial charge in [-0.25, -0.2) is 9.78 Å². The minimum absolute atomic E-state index is 0.258. The smallest absolute Gasteiger partial charge is 0.412 e. The van der Waals surface area contributed by atoms with Gasteiger partial charge in [0.2, 0.25) is 5.56 Å². The van der Waals surface area contributed by atoms with Crippen LogP contribution in [0.25, 0.3) is 22.4 Å². The van der Waals surface area contributed by atoms with Gasteiger partial charge in [-0.15, -0.1) is 0 Å². The van der Waals surface area contributed by atoms with Gasteiger partial charge in [-0.2, -0.15) is 0 Å². The molecule has 7 heteroatoms. The molecule has 0 unspecified atom stereocenters. The zero-order valence-corrected chi connectivity index (χ0v) is 14.0. The molecule has 0 atom stereocenters. The second-order valence-corrected chi connectivity index (χ2v) is 5.58. The minimum Gasteiger partial charge on any atom is -0.453 e. The summed E-state index contributed by atoms with van der Waals surface area (Å²) in [5, 5.41) is 3.03. The van der Waals surface area contributed by atoms with E-state index in [0.29, 0.717) is 22.1 Å². The van der Waals surface area contributed by atoms with Crippen LogP contribution in [0.3, 0.4) is 0 Å². The third-order valence-electron chi connectivity index (χ3n) is 3.52. The van der Waals surface area contributed by atoms with Crippen molar-refractivity contribution in [3.8, 4) is 22.4 Å². The first-order chi connectivity index (χ1) is 12.1. The Morgan fingerprint density at radius 3 is 2.72 bits per heavy atom. The van der Waals surface area contributed by atoms with Gasteiger partial charge in [0.05, 0.1) is 12.8 Å². The molecule has 0 spiro atoms. The molecule has 3 aromatic rings. The van der Waals surface area contributed by atoms with Crippen LogP contribution in [0, 0.1) is 0 Å². The number of H-pyrrole nitrogens is 1. The summed E-state index contributed by atoms with van der Waals surface area (Å²) < 4.78 is 4.55. The largest absolute Gasteiger partial charge is 0.453 e. The highest BCUT2D eigenvalue weighted by molar-refractivity contribution is 6.33. The van der Waals surface area contributed by atoms with Crippen molar-refractivity contribution >= 4 is 23.5 Å². The molecule has 0 bridgehead atoms. The van der Waals surface area contributed by atoms with E-state index in [1.54, 1.807) is 18.2 Å². The van der Waals surface area contributed by atoms with E-state index in [1.165, 1.54) is 19.4 Å². The number of amides is 1. The molecule has 1 amide bonds. The van der Waals surface area contributed by atoms with Crippen LogP contribution in [0.15, 0.2) is 59.5 Å². The van der Waals surface area contributed by atoms with E-state index < -0.39 is 6.09 Å². The molecule has 0 fully saturated rings. The number of anilines is 1. The summed E-state index contributed by atoms with van der Waals surface area (Å²) in [5.41, 5.74) is 2.47. The number of ether oxygens (including phenoxy) is 1. The number of methoxy groups -OCH3 is 1. The van der Waals surface area contributed by atoms with E-state index >= 15 is 0 Å². The maximum atomic E-state index is 12.1. The molecule has 1 aromatic carbocycles. The fraction of sp³-hybridized carbons (Fsp3) is 0.0556. The molecule has 25 heavy (non-hydrogen) atoms. The van der Waals surface area contributed by atoms with Crippen LogP contribution in [0.1, 0.15) is 0 Å². The fourth-order valence-corrected chi connectivity index (χ4v) is 2.61. The third kappa shape index (κ3) is 3.87. The van der Waals surface area contributed by atoms with Crippen molar-refractivity contribution in [3.63, 3.8) is 0 Å². The van der Waals surface area contributed by atoms with Crippen LogP contribution in [0.2, 0.25) is 5.02 Å². The lowest BCUT2D eigenvalue weighted by molar-refractivity contribution is 0.187. The number of aromatic nitrogens is 2. The Bertz CT molecular complexity index is 985. The number of pyridine rings is 2. The number of carbonyl (C=O) groups is 1. The monoisotopic (exact) mass is 355 g/mol. The number of hydrogen-bond acceptors (Lipinski definition) is 4. The predicted octanol–water partition coefficient (Wildman–Crippen LogP) is 3.94. The number of nitrogens with zero attached hydrogens (tertiary/aromatic N) is 1. The topological polar surface area (TPSA) is 84.1 Å². The number of hydrogen-bond donors (Lipinski definition) is 2. The van der Waals surface area contributed by atoms with E-state index in [1.807, 2.05) is 24.3 Å². The second kappa shape index (κ2) is 7.19. The highest BCUT2D eigenvalue weighted by Crippen LogP contribution is 2.28. The Balaban J connectivity index is 2.04. The van der Waals surface area contributed by atoms with Gasteiger partial charge in [0.25, 0.3) is 0 Å². The molecule has 0 aliphatic rings. The van der Waals surface area contributed by atoms with E-state index in [2.05, 4.69) is 20.0 Å². The van der Waals surface area contributed by atoms with Crippen LogP contribution in [-0.2, 0) is 4.74 Å². The molecule has 2 heterocycles. The van der Waals surface area contributed by atoms with Gasteiger partial charge >= 0.3 is 6.09 Å². The number of halogens is 1. The SMILES string of the molecule is COC(=O)Nc1cc(-c2cc(-c3ccccc3Cl)[nH]c(=O)c2)ccn1. The number of nitrogens with one attached hydrogen (secondary N) is 2. The number of rotatable bonds is 3. The summed E-state index contributed by atoms with van der Waals surface area (Å²) in [6.07, 6.45) is 0.920. The number of aromatic amines is 1. The first-order valence-corrected chi connectivity index (χ1v) is 7.75. The van der Waals surface area contributed by atoms with Gasteiger partial charge in [0.1, 0.15) is 5.82 Å². The van der Waals surface area contributed by atoms with Crippen LogP contribution < -0.4 is 10.9 Å². The Kier molecular flexibility index (Phi) is 4.81. The van der Waals surface area contributed by atoms with Crippen molar-refractivity contribution in [2.45, 2.75) is 0 Å². The molecule has 0 aliphatic heterocycles. The van der Waals surface area contributed by atoms with E-state index in [-0.39, 0.29) is 5.56 Å². The summed E-state index contributed by atoms with van der Waals surface area (Å²) in [4.78, 5) is 30.2. The molecule has 0 saturated carbocycles. The van der Waals surface area contributed by atoms with Crippen LogP contribution in [-0.4, -0.2) is 23.2 Å². The molecule has 6 nitrogen and oxygen atoms in total. The first kappa shape index (κ1) is 16.7. The zero-order valence-electron chi connectivity index (χ0n) is 13.2. The summed E-state index contributed by atoms with van der Waals surface area (Å²) in [6.45, 7) is 0. The Hall–Kier alpha value is -3.12. The summed E-state index contributed by atoms with van der Waals surface area (Å²) in [7, 11) is 1.27. The zero-order chi connectivity index (χ0) is 17.8. The third-order valence-corrected chi connectivity index (χ3v) is 3.85. The molecule has 2 N–H and O–H groups in total. The predicted molar refractivity (Wildman–Crippen MR) is 96.8 cm³/mol. The Morgan fingerprint density at radius 1 is 1.16 bits per heavy atom. The van der Waals surface area contributed by atoms with Crippen molar-refractivity contribution < 1.29 is 9.53 Å². The fourth-order valence-electron chi connectivity index (χ4n) is 2.37. The Labute approximate surface area is 148 Å². The first-order valence-electron chi connectivity index (χ1n) is 7.37. The molecule has 3 rings (SSSR count). The molecular formula is C18H14ClN3O3. The van der Waals surface area contributed by atoms with E-state index in [0.717, 1.165) is 11.1 Å². The van der Waals surface area contributed by atoms with Gasteiger partial charge < -0.3 is 9.72 Å². The van der Waals surface area contributed by atoms with Crippen molar-refractivity contribution in [1.82, 2.24) is 9.97 Å². The average Bonchev–Trinajstić information content (AvgIpc) is 2.61. The summed E-state index contributed by atoms with van der Waals surface area (Å²) >= 11 is 6.21. The molecule has 0 saturated heterocycles. The highest BCUT2D eigenvalue weighted by Gasteiger charge is 2.09. The lowest BCUT2D eigenvalue weighted by Crippen LogP contribution is -2.12. The maximum Gasteiger partial charge on any atom is 0.412 e. The quantitative estimate of drug-likeness (QED) is 0.745. The second-order valence-electron chi connectivity index (χ2n) is 5.17. The summed E-state index contributed by atoms with van der Waals surface area (Å²) in [5.74, 6) is 0.323. The van der Waals surface area contributed by atoms with Gasteiger partial charge in [0, 0.05) is 22.8 Å². The lowest BCUT2D eigenvalue weighted by atomic mass is 10.0. The van der Waals surface area contributed by atoms with Gasteiger partial charge in [-0.05, 0) is 35.4 Å². The minimum atomic E-state index is -0.618. The molecule has 126 valence electrons. The number of benzene rings is 1. The normalized spacial score (nSPS) is 10.3. The maximum absolute atomic E-state index is 12.1. The van der Waals surface area contributed by atoms with E-state index in [4.69, 9.17) is 11.6 Å². The van der Waals surface area contributed by atoms with E-state index in [9.17, 15) is 9.59 Å². The van der Waals surface area contributed by atoms with Gasteiger partial charge in [0.15, 0.2) is 0 Å². The molecule has 0 aliphatic carbocycles. The average molecular weight is 356 g/mol. The summed E-state index contributed by atoms with van der Waals surface area (Å²) in [6, 6.07) is 13.9. The number of carbonyl (C=O) groups excluding carboxylic acids is 1. The van der Waals surface area contributed by atoms with Crippen molar-refractivity contribution in [3.05, 3.63) is 70.1 Å². The lowest BCUT2D eigenvalue weighted by Gasteiger charge is -2.09. The molecule has 2 aromatic heterocycles. The standard InChI is InChI=1S/C18H14ClN3O3/c1-25-18(24)22-16-9-11(6-7-20-16)12-8-15(21-17(23)10-12)13-4-2-3-5-14(13)19/h2-10H,1H3,(H,21,23)(H,20,22,24). The van der Waals surface area contributed by atoms with Gasteiger partial charge in [-0.1, -0.05) is 29.8 Å². The highest BCUT2D eigenvalue weighted by atomic mass is 35.5. The van der Waals surface area contributed by atoms with Crippen LogP contribution >= 0.6 is 11.6 Å². The van der Waals surface area contributed by atoms with Crippen LogP contribution in [0.4, 0.5) is 10.6 Å². The molecule has 0 radical (unpaired) electrons.